The van der Waals surface area contributed by atoms with E-state index in [2.05, 4.69) is 35.6 Å². The van der Waals surface area contributed by atoms with Crippen molar-refractivity contribution in [2.24, 2.45) is 5.92 Å². The molecular formula is C14H19NO. The number of hydrogen-bond donors (Lipinski definition) is 1. The zero-order valence-corrected chi connectivity index (χ0v) is 9.56. The van der Waals surface area contributed by atoms with Gasteiger partial charge in [-0.05, 0) is 24.8 Å². The van der Waals surface area contributed by atoms with Crippen LogP contribution in [0.2, 0.25) is 0 Å². The van der Waals surface area contributed by atoms with Crippen LogP contribution in [0.25, 0.3) is 0 Å². The molecule has 1 heterocycles. The summed E-state index contributed by atoms with van der Waals surface area (Å²) < 4.78 is 5.86. The Morgan fingerprint density at radius 2 is 1.94 bits per heavy atom. The highest BCUT2D eigenvalue weighted by Crippen LogP contribution is 2.34. The van der Waals surface area contributed by atoms with Crippen LogP contribution < -0.4 is 5.32 Å². The summed E-state index contributed by atoms with van der Waals surface area (Å²) in [5.74, 6) is 0.656. The lowest BCUT2D eigenvalue weighted by molar-refractivity contribution is 0.0904. The van der Waals surface area contributed by atoms with Gasteiger partial charge in [0.1, 0.15) is 0 Å². The van der Waals surface area contributed by atoms with Crippen molar-refractivity contribution in [3.05, 3.63) is 35.9 Å². The first-order chi connectivity index (χ1) is 7.93. The Labute approximate surface area is 97.0 Å². The standard InChI is InChI=1S/C14H19NO/c1-2-4-11(5-3-1)14-12(8-9-16-14)10-15-13-6-7-13/h1-5,12-15H,6-10H2. The first kappa shape index (κ1) is 10.3. The Morgan fingerprint density at radius 1 is 1.12 bits per heavy atom. The van der Waals surface area contributed by atoms with Crippen molar-refractivity contribution in [2.45, 2.75) is 31.4 Å². The van der Waals surface area contributed by atoms with Crippen LogP contribution in [0.1, 0.15) is 30.9 Å². The van der Waals surface area contributed by atoms with Gasteiger partial charge in [-0.25, -0.2) is 0 Å². The average molecular weight is 217 g/mol. The van der Waals surface area contributed by atoms with Crippen LogP contribution in [0.4, 0.5) is 0 Å². The summed E-state index contributed by atoms with van der Waals surface area (Å²) in [5.41, 5.74) is 1.34. The molecule has 1 aliphatic heterocycles. The van der Waals surface area contributed by atoms with Crippen LogP contribution in [0.3, 0.4) is 0 Å². The second-order valence-corrected chi connectivity index (χ2v) is 4.93. The summed E-state index contributed by atoms with van der Waals surface area (Å²) in [4.78, 5) is 0. The van der Waals surface area contributed by atoms with Crippen LogP contribution >= 0.6 is 0 Å². The first-order valence-corrected chi connectivity index (χ1v) is 6.33. The molecule has 2 fully saturated rings. The maximum atomic E-state index is 5.86. The molecule has 3 rings (SSSR count). The predicted molar refractivity (Wildman–Crippen MR) is 64.3 cm³/mol. The van der Waals surface area contributed by atoms with Gasteiger partial charge in [0, 0.05) is 25.1 Å². The second-order valence-electron chi connectivity index (χ2n) is 4.93. The molecule has 0 spiro atoms. The number of hydrogen-bond acceptors (Lipinski definition) is 2. The van der Waals surface area contributed by atoms with E-state index in [1.165, 1.54) is 24.8 Å². The third-order valence-electron chi connectivity index (χ3n) is 3.59. The van der Waals surface area contributed by atoms with Crippen LogP contribution in [0.5, 0.6) is 0 Å². The van der Waals surface area contributed by atoms with E-state index >= 15 is 0 Å². The predicted octanol–water partition coefficient (Wildman–Crippen LogP) is 2.52. The van der Waals surface area contributed by atoms with Gasteiger partial charge in [-0.2, -0.15) is 0 Å². The molecule has 16 heavy (non-hydrogen) atoms. The second kappa shape index (κ2) is 4.56. The monoisotopic (exact) mass is 217 g/mol. The summed E-state index contributed by atoms with van der Waals surface area (Å²) in [6.07, 6.45) is 4.24. The summed E-state index contributed by atoms with van der Waals surface area (Å²) in [6.45, 7) is 2.03. The minimum absolute atomic E-state index is 0.312. The van der Waals surface area contributed by atoms with Crippen LogP contribution in [-0.2, 0) is 4.74 Å². The molecule has 2 atom stereocenters. The van der Waals surface area contributed by atoms with E-state index in [0.717, 1.165) is 19.2 Å². The number of benzene rings is 1. The lowest BCUT2D eigenvalue weighted by Gasteiger charge is -2.19. The van der Waals surface area contributed by atoms with Gasteiger partial charge in [-0.15, -0.1) is 0 Å². The highest BCUT2D eigenvalue weighted by atomic mass is 16.5. The highest BCUT2D eigenvalue weighted by molar-refractivity contribution is 5.19. The van der Waals surface area contributed by atoms with E-state index in [-0.39, 0.29) is 0 Å². The third-order valence-corrected chi connectivity index (χ3v) is 3.59. The van der Waals surface area contributed by atoms with Gasteiger partial charge in [0.2, 0.25) is 0 Å². The molecule has 0 amide bonds. The lowest BCUT2D eigenvalue weighted by Crippen LogP contribution is -2.26. The molecule has 1 aromatic carbocycles. The van der Waals surface area contributed by atoms with Gasteiger partial charge in [0.25, 0.3) is 0 Å². The van der Waals surface area contributed by atoms with Gasteiger partial charge in [-0.3, -0.25) is 0 Å². The van der Waals surface area contributed by atoms with Gasteiger partial charge in [-0.1, -0.05) is 30.3 Å². The summed E-state index contributed by atoms with van der Waals surface area (Å²) in [5, 5.41) is 3.62. The summed E-state index contributed by atoms with van der Waals surface area (Å²) in [6, 6.07) is 11.4. The lowest BCUT2D eigenvalue weighted by atomic mass is 9.95. The van der Waals surface area contributed by atoms with E-state index in [9.17, 15) is 0 Å². The molecule has 0 aromatic heterocycles. The molecule has 1 aromatic rings. The maximum absolute atomic E-state index is 5.86. The van der Waals surface area contributed by atoms with Gasteiger partial charge in [0.15, 0.2) is 0 Å². The minimum atomic E-state index is 0.312. The summed E-state index contributed by atoms with van der Waals surface area (Å²) in [7, 11) is 0. The number of nitrogens with one attached hydrogen (secondary N) is 1. The molecule has 2 nitrogen and oxygen atoms in total. The van der Waals surface area contributed by atoms with Crippen LogP contribution in [0, 0.1) is 5.92 Å². The zero-order chi connectivity index (χ0) is 10.8. The molecule has 1 N–H and O–H groups in total. The Hall–Kier alpha value is -0.860. The molecule has 0 bridgehead atoms. The van der Waals surface area contributed by atoms with Crippen LogP contribution in [-0.4, -0.2) is 19.2 Å². The van der Waals surface area contributed by atoms with Crippen molar-refractivity contribution in [3.63, 3.8) is 0 Å². The molecule has 2 aliphatic rings. The van der Waals surface area contributed by atoms with Crippen molar-refractivity contribution in [3.8, 4) is 0 Å². The number of rotatable bonds is 4. The summed E-state index contributed by atoms with van der Waals surface area (Å²) >= 11 is 0. The van der Waals surface area contributed by atoms with E-state index in [1.807, 2.05) is 0 Å². The molecule has 0 radical (unpaired) electrons. The fourth-order valence-corrected chi connectivity index (χ4v) is 2.46. The van der Waals surface area contributed by atoms with Gasteiger partial charge >= 0.3 is 0 Å². The highest BCUT2D eigenvalue weighted by Gasteiger charge is 2.31. The SMILES string of the molecule is c1ccc(C2OCCC2CNC2CC2)cc1. The largest absolute Gasteiger partial charge is 0.373 e. The average Bonchev–Trinajstić information content (AvgIpc) is 3.05. The fourth-order valence-electron chi connectivity index (χ4n) is 2.46. The molecule has 1 saturated carbocycles. The quantitative estimate of drug-likeness (QED) is 0.836. The molecule has 2 unspecified atom stereocenters. The smallest absolute Gasteiger partial charge is 0.0866 e. The van der Waals surface area contributed by atoms with Crippen molar-refractivity contribution in [1.82, 2.24) is 5.32 Å². The molecular weight excluding hydrogens is 198 g/mol. The van der Waals surface area contributed by atoms with E-state index in [0.29, 0.717) is 12.0 Å². The fraction of sp³-hybridized carbons (Fsp3) is 0.571. The zero-order valence-electron chi connectivity index (χ0n) is 9.56. The van der Waals surface area contributed by atoms with Crippen molar-refractivity contribution in [1.29, 1.82) is 0 Å². The Kier molecular flexibility index (Phi) is 2.94. The third kappa shape index (κ3) is 2.28. The number of ether oxygens (including phenoxy) is 1. The van der Waals surface area contributed by atoms with E-state index in [4.69, 9.17) is 4.74 Å². The molecule has 86 valence electrons. The topological polar surface area (TPSA) is 21.3 Å². The molecule has 2 heteroatoms. The van der Waals surface area contributed by atoms with E-state index in [1.54, 1.807) is 0 Å². The normalized spacial score (nSPS) is 29.5. The van der Waals surface area contributed by atoms with Crippen molar-refractivity contribution < 1.29 is 4.74 Å². The minimum Gasteiger partial charge on any atom is -0.373 e. The van der Waals surface area contributed by atoms with Crippen LogP contribution in [0.15, 0.2) is 30.3 Å². The van der Waals surface area contributed by atoms with Crippen molar-refractivity contribution >= 4 is 0 Å². The first-order valence-electron chi connectivity index (χ1n) is 6.33. The van der Waals surface area contributed by atoms with Gasteiger partial charge < -0.3 is 10.1 Å². The Balaban J connectivity index is 1.63. The van der Waals surface area contributed by atoms with Gasteiger partial charge in [0.05, 0.1) is 6.10 Å². The molecule has 1 saturated heterocycles. The molecule has 1 aliphatic carbocycles. The van der Waals surface area contributed by atoms with E-state index < -0.39 is 0 Å². The Morgan fingerprint density at radius 3 is 2.69 bits per heavy atom. The Bertz CT molecular complexity index is 334. The maximum Gasteiger partial charge on any atom is 0.0866 e. The van der Waals surface area contributed by atoms with Crippen molar-refractivity contribution in [2.75, 3.05) is 13.2 Å².